The molecule has 0 unspecified atom stereocenters. The van der Waals surface area contributed by atoms with Crippen LogP contribution in [0, 0.1) is 10.1 Å². The summed E-state index contributed by atoms with van der Waals surface area (Å²) in [5.74, 6) is 0.131. The third-order valence-electron chi connectivity index (χ3n) is 4.69. The third-order valence-corrected chi connectivity index (χ3v) is 4.89. The van der Waals surface area contributed by atoms with Gasteiger partial charge in [0, 0.05) is 36.5 Å². The second-order valence-electron chi connectivity index (χ2n) is 6.65. The van der Waals surface area contributed by atoms with Crippen molar-refractivity contribution >= 4 is 40.3 Å². The first-order valence-corrected chi connectivity index (χ1v) is 9.68. The normalized spacial score (nSPS) is 13.5. The Balaban J connectivity index is 1.72. The maximum atomic E-state index is 12.5. The fraction of sp³-hybridized carbons (Fsp3) is 0.300. The summed E-state index contributed by atoms with van der Waals surface area (Å²) in [5, 5.41) is 17.1. The lowest BCUT2D eigenvalue weighted by molar-refractivity contribution is -0.384. The quantitative estimate of drug-likeness (QED) is 0.437. The standard InChI is InChI=1S/C20H22N4O4S/c1-28-16-7-5-6-15(13-16)21-20(29)22-19(25)14-8-9-17(18(12-14)24(26)27)23-10-3-2-4-11-23/h5-9,12-13H,2-4,10-11H2,1H3,(H2,21,22,25,29). The van der Waals surface area contributed by atoms with Gasteiger partial charge >= 0.3 is 0 Å². The average Bonchev–Trinajstić information content (AvgIpc) is 2.73. The zero-order valence-corrected chi connectivity index (χ0v) is 16.8. The van der Waals surface area contributed by atoms with Gasteiger partial charge in [-0.25, -0.2) is 0 Å². The molecule has 0 saturated carbocycles. The molecule has 2 N–H and O–H groups in total. The Morgan fingerprint density at radius 3 is 2.62 bits per heavy atom. The summed E-state index contributed by atoms with van der Waals surface area (Å²) >= 11 is 5.18. The van der Waals surface area contributed by atoms with Crippen molar-refractivity contribution in [3.63, 3.8) is 0 Å². The molecule has 1 fully saturated rings. The number of thiocarbonyl (C=S) groups is 1. The highest BCUT2D eigenvalue weighted by molar-refractivity contribution is 7.80. The monoisotopic (exact) mass is 414 g/mol. The molecule has 152 valence electrons. The van der Waals surface area contributed by atoms with E-state index in [1.54, 1.807) is 43.5 Å². The Morgan fingerprint density at radius 2 is 1.93 bits per heavy atom. The van der Waals surface area contributed by atoms with Gasteiger partial charge in [-0.15, -0.1) is 0 Å². The van der Waals surface area contributed by atoms with E-state index in [4.69, 9.17) is 17.0 Å². The van der Waals surface area contributed by atoms with Crippen molar-refractivity contribution in [3.8, 4) is 5.75 Å². The highest BCUT2D eigenvalue weighted by Crippen LogP contribution is 2.31. The molecule has 29 heavy (non-hydrogen) atoms. The number of hydrogen-bond donors (Lipinski definition) is 2. The minimum absolute atomic E-state index is 0.0776. The van der Waals surface area contributed by atoms with Crippen molar-refractivity contribution in [1.29, 1.82) is 0 Å². The van der Waals surface area contributed by atoms with Gasteiger partial charge in [0.15, 0.2) is 5.11 Å². The van der Waals surface area contributed by atoms with Crippen molar-refractivity contribution in [1.82, 2.24) is 5.32 Å². The average molecular weight is 414 g/mol. The van der Waals surface area contributed by atoms with Crippen molar-refractivity contribution in [2.45, 2.75) is 19.3 Å². The Morgan fingerprint density at radius 1 is 1.17 bits per heavy atom. The lowest BCUT2D eigenvalue weighted by atomic mass is 10.1. The number of hydrogen-bond acceptors (Lipinski definition) is 6. The number of amides is 1. The van der Waals surface area contributed by atoms with E-state index in [1.807, 2.05) is 4.90 Å². The zero-order chi connectivity index (χ0) is 20.8. The molecule has 0 bridgehead atoms. The SMILES string of the molecule is COc1cccc(NC(=S)NC(=O)c2ccc(N3CCCCC3)c([N+](=O)[O-])c2)c1. The number of carbonyl (C=O) groups is 1. The first kappa shape index (κ1) is 20.5. The largest absolute Gasteiger partial charge is 0.497 e. The first-order chi connectivity index (χ1) is 14.0. The number of ether oxygens (including phenoxy) is 1. The zero-order valence-electron chi connectivity index (χ0n) is 16.0. The minimum atomic E-state index is -0.515. The van der Waals surface area contributed by atoms with Crippen LogP contribution in [0.1, 0.15) is 29.6 Å². The summed E-state index contributed by atoms with van der Waals surface area (Å²) < 4.78 is 5.15. The van der Waals surface area contributed by atoms with Crippen LogP contribution in [0.5, 0.6) is 5.75 Å². The maximum absolute atomic E-state index is 12.5. The molecule has 8 nitrogen and oxygen atoms in total. The molecule has 1 saturated heterocycles. The molecule has 2 aromatic carbocycles. The van der Waals surface area contributed by atoms with Crippen LogP contribution >= 0.6 is 12.2 Å². The van der Waals surface area contributed by atoms with E-state index in [1.165, 1.54) is 6.07 Å². The van der Waals surface area contributed by atoms with Gasteiger partial charge in [0.2, 0.25) is 0 Å². The number of rotatable bonds is 5. The van der Waals surface area contributed by atoms with E-state index in [9.17, 15) is 14.9 Å². The van der Waals surface area contributed by atoms with Gasteiger partial charge in [0.25, 0.3) is 11.6 Å². The van der Waals surface area contributed by atoms with Gasteiger partial charge in [-0.1, -0.05) is 6.07 Å². The summed E-state index contributed by atoms with van der Waals surface area (Å²) in [6.45, 7) is 1.56. The predicted molar refractivity (Wildman–Crippen MR) is 116 cm³/mol. The number of piperidine rings is 1. The Bertz CT molecular complexity index is 928. The van der Waals surface area contributed by atoms with Crippen LogP contribution in [0.15, 0.2) is 42.5 Å². The van der Waals surface area contributed by atoms with Crippen LogP contribution in [-0.2, 0) is 0 Å². The number of anilines is 2. The Labute approximate surface area is 174 Å². The smallest absolute Gasteiger partial charge is 0.293 e. The third kappa shape index (κ3) is 5.20. The molecule has 0 aliphatic carbocycles. The van der Waals surface area contributed by atoms with E-state index < -0.39 is 10.8 Å². The van der Waals surface area contributed by atoms with Crippen molar-refractivity contribution < 1.29 is 14.5 Å². The number of nitro benzene ring substituents is 1. The van der Waals surface area contributed by atoms with E-state index in [2.05, 4.69) is 10.6 Å². The number of nitro groups is 1. The summed E-state index contributed by atoms with van der Waals surface area (Å²) in [5.41, 5.74) is 1.29. The molecule has 3 rings (SSSR count). The second-order valence-corrected chi connectivity index (χ2v) is 7.06. The molecular weight excluding hydrogens is 392 g/mol. The fourth-order valence-corrected chi connectivity index (χ4v) is 3.46. The first-order valence-electron chi connectivity index (χ1n) is 9.27. The fourth-order valence-electron chi connectivity index (χ4n) is 3.25. The van der Waals surface area contributed by atoms with Crippen LogP contribution in [-0.4, -0.2) is 36.1 Å². The van der Waals surface area contributed by atoms with Gasteiger partial charge in [-0.05, 0) is 55.7 Å². The molecular formula is C20H22N4O4S. The number of nitrogens with zero attached hydrogens (tertiary/aromatic N) is 2. The molecule has 1 heterocycles. The van der Waals surface area contributed by atoms with Crippen molar-refractivity contribution in [3.05, 3.63) is 58.1 Å². The van der Waals surface area contributed by atoms with Crippen LogP contribution in [0.3, 0.4) is 0 Å². The molecule has 0 atom stereocenters. The van der Waals surface area contributed by atoms with Crippen LogP contribution in [0.4, 0.5) is 17.1 Å². The summed E-state index contributed by atoms with van der Waals surface area (Å²) in [4.78, 5) is 25.6. The van der Waals surface area contributed by atoms with Gasteiger partial charge in [0.1, 0.15) is 11.4 Å². The molecule has 0 aromatic heterocycles. The topological polar surface area (TPSA) is 96.7 Å². The summed E-state index contributed by atoms with van der Waals surface area (Å²) in [6, 6.07) is 11.6. The predicted octanol–water partition coefficient (Wildman–Crippen LogP) is 3.72. The number of methoxy groups -OCH3 is 1. The van der Waals surface area contributed by atoms with Crippen molar-refractivity contribution in [2.75, 3.05) is 30.4 Å². The molecule has 1 aliphatic heterocycles. The molecule has 0 spiro atoms. The van der Waals surface area contributed by atoms with E-state index >= 15 is 0 Å². The summed E-state index contributed by atoms with van der Waals surface area (Å²) in [6.07, 6.45) is 3.13. The minimum Gasteiger partial charge on any atom is -0.497 e. The second kappa shape index (κ2) is 9.33. The van der Waals surface area contributed by atoms with Crippen LogP contribution < -0.4 is 20.3 Å². The molecule has 9 heteroatoms. The molecule has 1 aliphatic rings. The van der Waals surface area contributed by atoms with Gasteiger partial charge < -0.3 is 15.0 Å². The Hall–Kier alpha value is -3.20. The number of nitrogens with one attached hydrogen (secondary N) is 2. The molecule has 0 radical (unpaired) electrons. The van der Waals surface area contributed by atoms with Crippen molar-refractivity contribution in [2.24, 2.45) is 0 Å². The highest BCUT2D eigenvalue weighted by atomic mass is 32.1. The maximum Gasteiger partial charge on any atom is 0.293 e. The molecule has 2 aromatic rings. The Kier molecular flexibility index (Phi) is 6.61. The van der Waals surface area contributed by atoms with E-state index in [0.717, 1.165) is 32.4 Å². The lowest BCUT2D eigenvalue weighted by Gasteiger charge is -2.28. The number of carbonyl (C=O) groups excluding carboxylic acids is 1. The van der Waals surface area contributed by atoms with Crippen LogP contribution in [0.2, 0.25) is 0 Å². The van der Waals surface area contributed by atoms with E-state index in [-0.39, 0.29) is 16.4 Å². The highest BCUT2D eigenvalue weighted by Gasteiger charge is 2.23. The van der Waals surface area contributed by atoms with Crippen LogP contribution in [0.25, 0.3) is 0 Å². The molecule has 1 amide bonds. The van der Waals surface area contributed by atoms with Gasteiger partial charge in [0.05, 0.1) is 12.0 Å². The summed E-state index contributed by atoms with van der Waals surface area (Å²) in [7, 11) is 1.56. The van der Waals surface area contributed by atoms with Gasteiger partial charge in [-0.2, -0.15) is 0 Å². The van der Waals surface area contributed by atoms with Gasteiger partial charge in [-0.3, -0.25) is 20.2 Å². The van der Waals surface area contributed by atoms with E-state index in [0.29, 0.717) is 17.1 Å². The number of benzene rings is 2. The lowest BCUT2D eigenvalue weighted by Crippen LogP contribution is -2.34.